The van der Waals surface area contributed by atoms with Crippen molar-refractivity contribution in [3.63, 3.8) is 0 Å². The molecule has 0 heterocycles. The van der Waals surface area contributed by atoms with Crippen molar-refractivity contribution in [3.05, 3.63) is 71.8 Å². The van der Waals surface area contributed by atoms with Gasteiger partial charge in [-0.25, -0.2) is 4.79 Å². The lowest BCUT2D eigenvalue weighted by Gasteiger charge is -2.16. The van der Waals surface area contributed by atoms with Gasteiger partial charge in [-0.15, -0.1) is 0 Å². The molecular formula is C19H21NO4. The van der Waals surface area contributed by atoms with E-state index in [1.165, 1.54) is 7.11 Å². The molecule has 2 aromatic carbocycles. The van der Waals surface area contributed by atoms with Crippen LogP contribution in [0.15, 0.2) is 60.7 Å². The van der Waals surface area contributed by atoms with Crippen molar-refractivity contribution in [1.82, 2.24) is 5.32 Å². The largest absolute Gasteiger partial charge is 0.467 e. The lowest BCUT2D eigenvalue weighted by Crippen LogP contribution is -2.44. The summed E-state index contributed by atoms with van der Waals surface area (Å²) in [4.78, 5) is 23.9. The Balaban J connectivity index is 1.84. The van der Waals surface area contributed by atoms with Gasteiger partial charge in [0.1, 0.15) is 12.6 Å². The summed E-state index contributed by atoms with van der Waals surface area (Å²) in [5.74, 6) is -0.826. The van der Waals surface area contributed by atoms with Crippen LogP contribution in [-0.2, 0) is 32.1 Å². The van der Waals surface area contributed by atoms with Crippen LogP contribution in [0.1, 0.15) is 11.1 Å². The van der Waals surface area contributed by atoms with E-state index in [1.807, 2.05) is 60.7 Å². The third-order valence-corrected chi connectivity index (χ3v) is 3.45. The predicted molar refractivity (Wildman–Crippen MR) is 90.2 cm³/mol. The van der Waals surface area contributed by atoms with E-state index in [0.29, 0.717) is 13.0 Å². The van der Waals surface area contributed by atoms with Gasteiger partial charge in [-0.3, -0.25) is 4.79 Å². The van der Waals surface area contributed by atoms with Gasteiger partial charge in [-0.1, -0.05) is 60.7 Å². The SMILES string of the molecule is COC(=O)[C@@H](Cc1ccccc1)NC(=O)COCc1ccccc1. The number of esters is 1. The van der Waals surface area contributed by atoms with E-state index < -0.39 is 12.0 Å². The quantitative estimate of drug-likeness (QED) is 0.754. The van der Waals surface area contributed by atoms with Gasteiger partial charge in [0.05, 0.1) is 13.7 Å². The van der Waals surface area contributed by atoms with E-state index in [9.17, 15) is 9.59 Å². The Hall–Kier alpha value is -2.66. The molecule has 2 rings (SSSR count). The van der Waals surface area contributed by atoms with E-state index in [4.69, 9.17) is 9.47 Å². The summed E-state index contributed by atoms with van der Waals surface area (Å²) in [7, 11) is 1.30. The molecule has 5 nitrogen and oxygen atoms in total. The Morgan fingerprint density at radius 2 is 1.54 bits per heavy atom. The first-order valence-electron chi connectivity index (χ1n) is 7.72. The highest BCUT2D eigenvalue weighted by Crippen LogP contribution is 2.05. The molecule has 1 amide bonds. The number of rotatable bonds is 8. The Labute approximate surface area is 141 Å². The first-order chi connectivity index (χ1) is 11.7. The maximum Gasteiger partial charge on any atom is 0.328 e. The fraction of sp³-hybridized carbons (Fsp3) is 0.263. The smallest absolute Gasteiger partial charge is 0.328 e. The average Bonchev–Trinajstić information content (AvgIpc) is 2.62. The zero-order chi connectivity index (χ0) is 17.2. The van der Waals surface area contributed by atoms with Crippen molar-refractivity contribution >= 4 is 11.9 Å². The summed E-state index contributed by atoms with van der Waals surface area (Å²) in [6.07, 6.45) is 0.373. The minimum atomic E-state index is -0.731. The average molecular weight is 327 g/mol. The molecule has 1 atom stereocenters. The molecule has 1 N–H and O–H groups in total. The molecule has 0 aliphatic heterocycles. The molecule has 0 unspecified atom stereocenters. The molecule has 0 aliphatic carbocycles. The molecule has 0 fully saturated rings. The minimum absolute atomic E-state index is 0.114. The number of methoxy groups -OCH3 is 1. The minimum Gasteiger partial charge on any atom is -0.467 e. The summed E-state index contributed by atoms with van der Waals surface area (Å²) in [5, 5.41) is 2.66. The first-order valence-corrected chi connectivity index (χ1v) is 7.72. The third kappa shape index (κ3) is 5.85. The fourth-order valence-corrected chi connectivity index (χ4v) is 2.26. The van der Waals surface area contributed by atoms with Crippen LogP contribution in [0.4, 0.5) is 0 Å². The molecule has 5 heteroatoms. The molecule has 0 radical (unpaired) electrons. The zero-order valence-electron chi connectivity index (χ0n) is 13.6. The van der Waals surface area contributed by atoms with E-state index in [2.05, 4.69) is 5.32 Å². The Morgan fingerprint density at radius 1 is 0.958 bits per heavy atom. The molecule has 0 aromatic heterocycles. The molecule has 0 saturated carbocycles. The summed E-state index contributed by atoms with van der Waals surface area (Å²) >= 11 is 0. The van der Waals surface area contributed by atoms with Crippen LogP contribution in [0.5, 0.6) is 0 Å². The summed E-state index contributed by atoms with van der Waals surface area (Å²) in [5.41, 5.74) is 1.93. The van der Waals surface area contributed by atoms with Gasteiger partial charge >= 0.3 is 5.97 Å². The first kappa shape index (κ1) is 17.7. The van der Waals surface area contributed by atoms with Crippen molar-refractivity contribution in [2.75, 3.05) is 13.7 Å². The van der Waals surface area contributed by atoms with Crippen LogP contribution in [0, 0.1) is 0 Å². The van der Waals surface area contributed by atoms with Gasteiger partial charge in [0.15, 0.2) is 0 Å². The molecule has 0 aliphatic rings. The highest BCUT2D eigenvalue weighted by molar-refractivity contribution is 5.85. The van der Waals surface area contributed by atoms with Gasteiger partial charge in [0.25, 0.3) is 0 Å². The highest BCUT2D eigenvalue weighted by atomic mass is 16.5. The standard InChI is InChI=1S/C19H21NO4/c1-23-19(22)17(12-15-8-4-2-5-9-15)20-18(21)14-24-13-16-10-6-3-7-11-16/h2-11,17H,12-14H2,1H3,(H,20,21)/t17-/m1/s1. The maximum absolute atomic E-state index is 12.0. The predicted octanol–water partition coefficient (Wildman–Crippen LogP) is 2.10. The van der Waals surface area contributed by atoms with Crippen LogP contribution in [0.2, 0.25) is 0 Å². The number of carbonyl (C=O) groups is 2. The Morgan fingerprint density at radius 3 is 2.12 bits per heavy atom. The van der Waals surface area contributed by atoms with Crippen LogP contribution in [0.25, 0.3) is 0 Å². The number of amides is 1. The second kappa shape index (κ2) is 9.47. The molecule has 0 bridgehead atoms. The van der Waals surface area contributed by atoms with Crippen LogP contribution in [0.3, 0.4) is 0 Å². The lowest BCUT2D eigenvalue weighted by molar-refractivity contribution is -0.145. The van der Waals surface area contributed by atoms with E-state index in [0.717, 1.165) is 11.1 Å². The molecule has 0 spiro atoms. The lowest BCUT2D eigenvalue weighted by atomic mass is 10.1. The maximum atomic E-state index is 12.0. The molecule has 0 saturated heterocycles. The third-order valence-electron chi connectivity index (χ3n) is 3.45. The number of carbonyl (C=O) groups excluding carboxylic acids is 2. The summed E-state index contributed by atoms with van der Waals surface area (Å²) in [6.45, 7) is 0.229. The van der Waals surface area contributed by atoms with Crippen LogP contribution >= 0.6 is 0 Å². The Bertz CT molecular complexity index is 643. The van der Waals surface area contributed by atoms with Gasteiger partial charge in [0.2, 0.25) is 5.91 Å². The number of nitrogens with one attached hydrogen (secondary N) is 1. The van der Waals surface area contributed by atoms with Crippen LogP contribution in [-0.4, -0.2) is 31.6 Å². The Kier molecular flexibility index (Phi) is 6.98. The topological polar surface area (TPSA) is 64.6 Å². The van der Waals surface area contributed by atoms with Gasteiger partial charge in [-0.05, 0) is 11.1 Å². The van der Waals surface area contributed by atoms with E-state index in [1.54, 1.807) is 0 Å². The van der Waals surface area contributed by atoms with Crippen molar-refractivity contribution in [1.29, 1.82) is 0 Å². The van der Waals surface area contributed by atoms with E-state index in [-0.39, 0.29) is 12.5 Å². The molecule has 24 heavy (non-hydrogen) atoms. The molecule has 2 aromatic rings. The molecular weight excluding hydrogens is 306 g/mol. The van der Waals surface area contributed by atoms with Crippen molar-refractivity contribution in [2.45, 2.75) is 19.1 Å². The second-order valence-corrected chi connectivity index (χ2v) is 5.31. The number of ether oxygens (including phenoxy) is 2. The zero-order valence-corrected chi connectivity index (χ0v) is 13.6. The monoisotopic (exact) mass is 327 g/mol. The van der Waals surface area contributed by atoms with Gasteiger partial charge < -0.3 is 14.8 Å². The second-order valence-electron chi connectivity index (χ2n) is 5.31. The van der Waals surface area contributed by atoms with E-state index >= 15 is 0 Å². The number of hydrogen-bond acceptors (Lipinski definition) is 4. The molecule has 126 valence electrons. The fourth-order valence-electron chi connectivity index (χ4n) is 2.26. The number of hydrogen-bond donors (Lipinski definition) is 1. The highest BCUT2D eigenvalue weighted by Gasteiger charge is 2.21. The summed E-state index contributed by atoms with van der Waals surface area (Å²) < 4.78 is 10.1. The van der Waals surface area contributed by atoms with Gasteiger partial charge in [0, 0.05) is 6.42 Å². The normalized spacial score (nSPS) is 11.5. The van der Waals surface area contributed by atoms with Gasteiger partial charge in [-0.2, -0.15) is 0 Å². The van der Waals surface area contributed by atoms with Crippen molar-refractivity contribution in [3.8, 4) is 0 Å². The van der Waals surface area contributed by atoms with Crippen molar-refractivity contribution in [2.24, 2.45) is 0 Å². The van der Waals surface area contributed by atoms with Crippen molar-refractivity contribution < 1.29 is 19.1 Å². The van der Waals surface area contributed by atoms with Crippen LogP contribution < -0.4 is 5.32 Å². The summed E-state index contributed by atoms with van der Waals surface area (Å²) in [6, 6.07) is 18.3. The number of benzene rings is 2.